The first-order valence-electron chi connectivity index (χ1n) is 14.1. The summed E-state index contributed by atoms with van der Waals surface area (Å²) in [6.07, 6.45) is 32.9. The van der Waals surface area contributed by atoms with Crippen molar-refractivity contribution in [2.75, 3.05) is 6.61 Å². The molecule has 210 valence electrons. The first-order chi connectivity index (χ1) is 18.4. The van der Waals surface area contributed by atoms with Gasteiger partial charge in [-0.05, 0) is 78.2 Å². The average molecular weight is 524 g/mol. The minimum absolute atomic E-state index is 0.174. The van der Waals surface area contributed by atoms with Crippen LogP contribution < -0.4 is 5.49 Å². The van der Waals surface area contributed by atoms with E-state index in [-0.39, 0.29) is 30.4 Å². The van der Waals surface area contributed by atoms with Gasteiger partial charge in [-0.3, -0.25) is 10.2 Å². The van der Waals surface area contributed by atoms with E-state index in [9.17, 15) is 4.79 Å². The average Bonchev–Trinajstić information content (AvgIpc) is 2.88. The Hall–Kier alpha value is -2.99. The molecule has 0 aliphatic rings. The fraction of sp³-hybridized carbons (Fsp3) is 0.531. The van der Waals surface area contributed by atoms with E-state index in [4.69, 9.17) is 14.9 Å². The second kappa shape index (κ2) is 22.0. The number of aromatic nitrogens is 2. The maximum absolute atomic E-state index is 12.0. The molecule has 0 fully saturated rings. The van der Waals surface area contributed by atoms with Crippen LogP contribution in [0.25, 0.3) is 0 Å². The van der Waals surface area contributed by atoms with Crippen molar-refractivity contribution in [1.29, 1.82) is 5.41 Å². The molecule has 0 aliphatic heterocycles. The van der Waals surface area contributed by atoms with Gasteiger partial charge in [0.25, 0.3) is 0 Å². The van der Waals surface area contributed by atoms with Crippen molar-refractivity contribution in [3.8, 4) is 0 Å². The van der Waals surface area contributed by atoms with Crippen LogP contribution in [0.1, 0.15) is 97.0 Å². The van der Waals surface area contributed by atoms with Crippen LogP contribution in [0, 0.1) is 12.3 Å². The van der Waals surface area contributed by atoms with Gasteiger partial charge in [-0.25, -0.2) is 4.98 Å². The molecule has 6 nitrogen and oxygen atoms in total. The molecule has 0 saturated carbocycles. The number of ether oxygens (including phenoxy) is 2. The molecule has 1 rings (SSSR count). The van der Waals surface area contributed by atoms with Gasteiger partial charge < -0.3 is 14.0 Å². The van der Waals surface area contributed by atoms with E-state index < -0.39 is 0 Å². The van der Waals surface area contributed by atoms with Gasteiger partial charge in [0.1, 0.15) is 24.1 Å². The van der Waals surface area contributed by atoms with Gasteiger partial charge in [0, 0.05) is 12.6 Å². The molecule has 0 bridgehead atoms. The Morgan fingerprint density at radius 2 is 1.50 bits per heavy atom. The summed E-state index contributed by atoms with van der Waals surface area (Å²) in [6.45, 7) is 8.02. The van der Waals surface area contributed by atoms with Crippen LogP contribution in [0.5, 0.6) is 0 Å². The molecule has 1 aromatic rings. The third-order valence-corrected chi connectivity index (χ3v) is 5.76. The molecule has 0 amide bonds. The second-order valence-electron chi connectivity index (χ2n) is 9.30. The summed E-state index contributed by atoms with van der Waals surface area (Å²) in [4.78, 5) is 16.2. The number of carbonyl (C=O) groups is 1. The van der Waals surface area contributed by atoms with Crippen LogP contribution in [-0.4, -0.2) is 28.2 Å². The second-order valence-corrected chi connectivity index (χ2v) is 9.30. The molecular formula is C32H49N3O3. The summed E-state index contributed by atoms with van der Waals surface area (Å²) < 4.78 is 13.1. The molecule has 0 spiro atoms. The normalized spacial score (nSPS) is 14.0. The van der Waals surface area contributed by atoms with Gasteiger partial charge >= 0.3 is 5.97 Å². The van der Waals surface area contributed by atoms with Crippen molar-refractivity contribution in [1.82, 2.24) is 9.55 Å². The van der Waals surface area contributed by atoms with Crippen molar-refractivity contribution < 1.29 is 14.3 Å². The monoisotopic (exact) mass is 523 g/mol. The highest BCUT2D eigenvalue weighted by molar-refractivity contribution is 5.69. The Balaban J connectivity index is 2.02. The van der Waals surface area contributed by atoms with E-state index in [2.05, 4.69) is 72.7 Å². The quantitative estimate of drug-likeness (QED) is 0.107. The van der Waals surface area contributed by atoms with Gasteiger partial charge in [-0.2, -0.15) is 0 Å². The lowest BCUT2D eigenvalue weighted by molar-refractivity contribution is -0.150. The lowest BCUT2D eigenvalue weighted by Crippen LogP contribution is -2.25. The molecule has 0 aliphatic carbocycles. The van der Waals surface area contributed by atoms with Crippen LogP contribution >= 0.6 is 0 Å². The number of esters is 1. The Bertz CT molecular complexity index is 972. The summed E-state index contributed by atoms with van der Waals surface area (Å²) in [5.74, 6) is 0.533. The van der Waals surface area contributed by atoms with E-state index in [0.29, 0.717) is 12.2 Å². The molecule has 2 atom stereocenters. The molecule has 0 radical (unpaired) electrons. The number of aryl methyl sites for hydroxylation is 1. The van der Waals surface area contributed by atoms with Crippen LogP contribution in [-0.2, 0) is 14.3 Å². The van der Waals surface area contributed by atoms with E-state index in [1.165, 1.54) is 0 Å². The Labute approximate surface area is 230 Å². The van der Waals surface area contributed by atoms with Gasteiger partial charge in [-0.15, -0.1) is 0 Å². The topological polar surface area (TPSA) is 77.2 Å². The van der Waals surface area contributed by atoms with Gasteiger partial charge in [0.15, 0.2) is 0 Å². The first-order valence-corrected chi connectivity index (χ1v) is 14.1. The summed E-state index contributed by atoms with van der Waals surface area (Å²) in [7, 11) is 0. The van der Waals surface area contributed by atoms with Crippen molar-refractivity contribution in [2.24, 2.45) is 0 Å². The molecule has 38 heavy (non-hydrogen) atoms. The highest BCUT2D eigenvalue weighted by atomic mass is 16.6. The van der Waals surface area contributed by atoms with Crippen LogP contribution in [0.3, 0.4) is 0 Å². The van der Waals surface area contributed by atoms with Gasteiger partial charge in [-0.1, -0.05) is 74.1 Å². The van der Waals surface area contributed by atoms with Crippen molar-refractivity contribution in [2.45, 2.75) is 104 Å². The maximum atomic E-state index is 12.0. The molecule has 1 aromatic heterocycles. The van der Waals surface area contributed by atoms with E-state index in [0.717, 1.165) is 57.8 Å². The number of rotatable bonds is 20. The maximum Gasteiger partial charge on any atom is 0.305 e. The number of hydrogen-bond donors (Lipinski definition) is 1. The predicted octanol–water partition coefficient (Wildman–Crippen LogP) is 7.84. The number of carbonyl (C=O) groups excluding carboxylic acids is 1. The van der Waals surface area contributed by atoms with Crippen LogP contribution in [0.2, 0.25) is 0 Å². The van der Waals surface area contributed by atoms with Crippen LogP contribution in [0.15, 0.2) is 73.0 Å². The number of unbranched alkanes of at least 4 members (excludes halogenated alkanes) is 3. The van der Waals surface area contributed by atoms with Crippen molar-refractivity contribution in [3.05, 3.63) is 84.3 Å². The Morgan fingerprint density at radius 1 is 0.921 bits per heavy atom. The van der Waals surface area contributed by atoms with E-state index in [1.54, 1.807) is 12.3 Å². The number of allylic oxidation sites excluding steroid dienone is 10. The Morgan fingerprint density at radius 3 is 2.08 bits per heavy atom. The molecule has 6 heteroatoms. The minimum atomic E-state index is -0.257. The fourth-order valence-corrected chi connectivity index (χ4v) is 3.71. The molecule has 0 aromatic carbocycles. The largest absolute Gasteiger partial charge is 0.463 e. The number of nitrogens with zero attached hydrogens (tertiary/aromatic N) is 2. The number of hydrogen-bond acceptors (Lipinski definition) is 5. The fourth-order valence-electron chi connectivity index (χ4n) is 3.71. The summed E-state index contributed by atoms with van der Waals surface area (Å²) in [6, 6.07) is 1.62. The van der Waals surface area contributed by atoms with Crippen molar-refractivity contribution >= 4 is 5.97 Å². The molecule has 2 unspecified atom stereocenters. The first kappa shape index (κ1) is 33.0. The highest BCUT2D eigenvalue weighted by Crippen LogP contribution is 2.12. The lowest BCUT2D eigenvalue weighted by Gasteiger charge is -2.22. The zero-order chi connectivity index (χ0) is 27.8. The smallest absolute Gasteiger partial charge is 0.305 e. The lowest BCUT2D eigenvalue weighted by atomic mass is 10.1. The van der Waals surface area contributed by atoms with Crippen LogP contribution in [0.4, 0.5) is 0 Å². The standard InChI is InChI=1S/C32H49N3O3/c1-5-6-7-8-9-10-11-12-13-14-15-16-17-18-19-20-21-22-23-24-32(36)37-27-28(2)38-30(4)35-26-25-31(33)34-29(35)3/h6-7,9-10,12-13,15-16,18-19,25-26,28,30,33H,5,8,11,14,17,20-24,27H2,1-4H3. The van der Waals surface area contributed by atoms with E-state index in [1.807, 2.05) is 25.3 Å². The SMILES string of the molecule is CCC=CCC=CCC=CCC=CCC=CCCCCCC(=O)OCC(C)OC(C)n1ccc(=N)nc1C. The zero-order valence-electron chi connectivity index (χ0n) is 24.0. The predicted molar refractivity (Wildman–Crippen MR) is 157 cm³/mol. The molecule has 1 N–H and O–H groups in total. The summed E-state index contributed by atoms with van der Waals surface area (Å²) >= 11 is 0. The zero-order valence-corrected chi connectivity index (χ0v) is 24.0. The summed E-state index contributed by atoms with van der Waals surface area (Å²) in [5, 5.41) is 7.57. The van der Waals surface area contributed by atoms with Crippen molar-refractivity contribution in [3.63, 3.8) is 0 Å². The third-order valence-electron chi connectivity index (χ3n) is 5.76. The molecule has 0 saturated heterocycles. The summed E-state index contributed by atoms with van der Waals surface area (Å²) in [5.41, 5.74) is 0.228. The molecule has 1 heterocycles. The van der Waals surface area contributed by atoms with Gasteiger partial charge in [0.05, 0.1) is 6.10 Å². The van der Waals surface area contributed by atoms with Gasteiger partial charge in [0.2, 0.25) is 0 Å². The third kappa shape index (κ3) is 17.5. The minimum Gasteiger partial charge on any atom is -0.463 e. The molecular weight excluding hydrogens is 474 g/mol. The highest BCUT2D eigenvalue weighted by Gasteiger charge is 2.13. The Kier molecular flexibility index (Phi) is 19.2. The number of nitrogens with one attached hydrogen (secondary N) is 1. The van der Waals surface area contributed by atoms with E-state index >= 15 is 0 Å².